The first-order valence-corrected chi connectivity index (χ1v) is 3.79. The van der Waals surface area contributed by atoms with Crippen molar-refractivity contribution >= 4 is 18.8 Å². The molecule has 0 aliphatic carbocycles. The second-order valence-electron chi connectivity index (χ2n) is 2.33. The molecule has 0 N–H and O–H groups in total. The largest absolute Gasteiger partial charge is 0.375 e. The molecule has 12 heavy (non-hydrogen) atoms. The molecule has 1 rings (SSSR count). The summed E-state index contributed by atoms with van der Waals surface area (Å²) in [5, 5.41) is 0. The Morgan fingerprint density at radius 1 is 1.75 bits per heavy atom. The smallest absolute Gasteiger partial charge is 0.211 e. The van der Waals surface area contributed by atoms with Gasteiger partial charge in [-0.1, -0.05) is 0 Å². The molecule has 0 unspecified atom stereocenters. The SMILES string of the molecule is CCO[C@H]1COCCN1C=O.Cl. The van der Waals surface area contributed by atoms with Crippen molar-refractivity contribution in [2.45, 2.75) is 13.2 Å². The standard InChI is InChI=1S/C7H13NO3.ClH/c1-2-11-7-5-10-4-3-8(7)6-9;/h6-7H,2-5H2,1H3;1H/t7-;/m0./s1. The summed E-state index contributed by atoms with van der Waals surface area (Å²) >= 11 is 0. The van der Waals surface area contributed by atoms with Crippen LogP contribution in [0.3, 0.4) is 0 Å². The van der Waals surface area contributed by atoms with E-state index in [1.165, 1.54) is 0 Å². The normalized spacial score (nSPS) is 23.1. The van der Waals surface area contributed by atoms with E-state index in [-0.39, 0.29) is 18.6 Å². The molecule has 1 saturated heterocycles. The van der Waals surface area contributed by atoms with Crippen LogP contribution in [-0.2, 0) is 14.3 Å². The van der Waals surface area contributed by atoms with Gasteiger partial charge >= 0.3 is 0 Å². The first-order chi connectivity index (χ1) is 5.38. The molecular weight excluding hydrogens is 182 g/mol. The van der Waals surface area contributed by atoms with Crippen molar-refractivity contribution < 1.29 is 14.3 Å². The van der Waals surface area contributed by atoms with E-state index in [0.29, 0.717) is 26.4 Å². The quantitative estimate of drug-likeness (QED) is 0.607. The van der Waals surface area contributed by atoms with Gasteiger partial charge in [0.1, 0.15) is 0 Å². The fourth-order valence-electron chi connectivity index (χ4n) is 1.05. The minimum absolute atomic E-state index is 0. The molecule has 4 nitrogen and oxygen atoms in total. The van der Waals surface area contributed by atoms with E-state index in [9.17, 15) is 4.79 Å². The van der Waals surface area contributed by atoms with Crippen LogP contribution < -0.4 is 0 Å². The van der Waals surface area contributed by atoms with Crippen LogP contribution in [0.15, 0.2) is 0 Å². The Labute approximate surface area is 78.2 Å². The summed E-state index contributed by atoms with van der Waals surface area (Å²) in [6, 6.07) is 0. The minimum atomic E-state index is -0.175. The zero-order chi connectivity index (χ0) is 8.10. The summed E-state index contributed by atoms with van der Waals surface area (Å²) in [6.45, 7) is 4.25. The van der Waals surface area contributed by atoms with Crippen LogP contribution in [0.5, 0.6) is 0 Å². The Kier molecular flexibility index (Phi) is 6.06. The third kappa shape index (κ3) is 2.97. The van der Waals surface area contributed by atoms with Crippen molar-refractivity contribution in [2.75, 3.05) is 26.4 Å². The maximum absolute atomic E-state index is 10.4. The van der Waals surface area contributed by atoms with E-state index in [4.69, 9.17) is 9.47 Å². The Morgan fingerprint density at radius 2 is 2.50 bits per heavy atom. The lowest BCUT2D eigenvalue weighted by Gasteiger charge is -2.31. The van der Waals surface area contributed by atoms with Crippen molar-refractivity contribution in [3.8, 4) is 0 Å². The number of morpholine rings is 1. The van der Waals surface area contributed by atoms with Gasteiger partial charge in [-0.2, -0.15) is 0 Å². The van der Waals surface area contributed by atoms with Crippen LogP contribution in [0.1, 0.15) is 6.92 Å². The van der Waals surface area contributed by atoms with Gasteiger partial charge in [0, 0.05) is 13.2 Å². The van der Waals surface area contributed by atoms with Crippen molar-refractivity contribution in [3.05, 3.63) is 0 Å². The van der Waals surface area contributed by atoms with Crippen molar-refractivity contribution in [2.24, 2.45) is 0 Å². The van der Waals surface area contributed by atoms with E-state index < -0.39 is 0 Å². The fourth-order valence-corrected chi connectivity index (χ4v) is 1.05. The van der Waals surface area contributed by atoms with E-state index in [2.05, 4.69) is 0 Å². The lowest BCUT2D eigenvalue weighted by molar-refractivity contribution is -0.155. The van der Waals surface area contributed by atoms with Gasteiger partial charge < -0.3 is 14.4 Å². The van der Waals surface area contributed by atoms with Crippen LogP contribution in [0.2, 0.25) is 0 Å². The Balaban J connectivity index is 0.00000121. The summed E-state index contributed by atoms with van der Waals surface area (Å²) in [6.07, 6.45) is 0.634. The predicted octanol–water partition coefficient (Wildman–Crippen LogP) is 0.259. The minimum Gasteiger partial charge on any atom is -0.375 e. The van der Waals surface area contributed by atoms with Gasteiger partial charge in [0.15, 0.2) is 6.23 Å². The predicted molar refractivity (Wildman–Crippen MR) is 46.3 cm³/mol. The molecule has 1 fully saturated rings. The van der Waals surface area contributed by atoms with Crippen LogP contribution in [0.4, 0.5) is 0 Å². The third-order valence-electron chi connectivity index (χ3n) is 1.62. The number of halogens is 1. The average Bonchev–Trinajstić information content (AvgIpc) is 2.06. The van der Waals surface area contributed by atoms with E-state index in [0.717, 1.165) is 6.41 Å². The molecule has 1 heterocycles. The molecule has 0 aromatic rings. The monoisotopic (exact) mass is 195 g/mol. The number of amides is 1. The number of rotatable bonds is 3. The molecule has 5 heteroatoms. The number of ether oxygens (including phenoxy) is 2. The number of nitrogens with zero attached hydrogens (tertiary/aromatic N) is 1. The molecule has 1 aliphatic rings. The highest BCUT2D eigenvalue weighted by molar-refractivity contribution is 5.85. The van der Waals surface area contributed by atoms with Crippen LogP contribution >= 0.6 is 12.4 Å². The molecule has 72 valence electrons. The van der Waals surface area contributed by atoms with Gasteiger partial charge in [0.2, 0.25) is 6.41 Å². The summed E-state index contributed by atoms with van der Waals surface area (Å²) in [7, 11) is 0. The third-order valence-corrected chi connectivity index (χ3v) is 1.62. The number of hydrogen-bond acceptors (Lipinski definition) is 3. The first-order valence-electron chi connectivity index (χ1n) is 3.79. The maximum Gasteiger partial charge on any atom is 0.211 e. The van der Waals surface area contributed by atoms with Crippen molar-refractivity contribution in [1.29, 1.82) is 0 Å². The number of carbonyl (C=O) groups is 1. The molecule has 0 radical (unpaired) electrons. The van der Waals surface area contributed by atoms with Gasteiger partial charge in [-0.15, -0.1) is 12.4 Å². The zero-order valence-corrected chi connectivity index (χ0v) is 7.88. The van der Waals surface area contributed by atoms with E-state index >= 15 is 0 Å². The van der Waals surface area contributed by atoms with Gasteiger partial charge in [0.25, 0.3) is 0 Å². The Hall–Kier alpha value is -0.320. The Bertz CT molecular complexity index is 132. The first kappa shape index (κ1) is 11.7. The van der Waals surface area contributed by atoms with Crippen LogP contribution in [0.25, 0.3) is 0 Å². The highest BCUT2D eigenvalue weighted by Gasteiger charge is 2.20. The molecule has 1 amide bonds. The second kappa shape index (κ2) is 6.22. The summed E-state index contributed by atoms with van der Waals surface area (Å²) in [5.74, 6) is 0. The van der Waals surface area contributed by atoms with Crippen molar-refractivity contribution in [1.82, 2.24) is 4.90 Å². The van der Waals surface area contributed by atoms with Gasteiger partial charge in [-0.05, 0) is 6.92 Å². The van der Waals surface area contributed by atoms with E-state index in [1.54, 1.807) is 4.90 Å². The molecule has 0 spiro atoms. The lowest BCUT2D eigenvalue weighted by atomic mass is 10.4. The highest BCUT2D eigenvalue weighted by atomic mass is 35.5. The summed E-state index contributed by atoms with van der Waals surface area (Å²) in [5.41, 5.74) is 0. The van der Waals surface area contributed by atoms with Gasteiger partial charge in [-0.3, -0.25) is 4.79 Å². The van der Waals surface area contributed by atoms with Gasteiger partial charge in [0.05, 0.1) is 13.2 Å². The Morgan fingerprint density at radius 3 is 3.08 bits per heavy atom. The summed E-state index contributed by atoms with van der Waals surface area (Å²) < 4.78 is 10.4. The average molecular weight is 196 g/mol. The van der Waals surface area contributed by atoms with E-state index in [1.807, 2.05) is 6.92 Å². The van der Waals surface area contributed by atoms with Crippen LogP contribution in [0, 0.1) is 0 Å². The molecule has 0 aromatic heterocycles. The molecule has 1 atom stereocenters. The zero-order valence-electron chi connectivity index (χ0n) is 7.06. The van der Waals surface area contributed by atoms with Gasteiger partial charge in [-0.25, -0.2) is 0 Å². The fraction of sp³-hybridized carbons (Fsp3) is 0.857. The highest BCUT2D eigenvalue weighted by Crippen LogP contribution is 2.04. The second-order valence-corrected chi connectivity index (χ2v) is 2.33. The lowest BCUT2D eigenvalue weighted by Crippen LogP contribution is -2.46. The van der Waals surface area contributed by atoms with Crippen molar-refractivity contribution in [3.63, 3.8) is 0 Å². The molecule has 1 aliphatic heterocycles. The maximum atomic E-state index is 10.4. The molecule has 0 aromatic carbocycles. The topological polar surface area (TPSA) is 38.8 Å². The number of hydrogen-bond donors (Lipinski definition) is 0. The number of carbonyl (C=O) groups excluding carboxylic acids is 1. The molecule has 0 saturated carbocycles. The molecule has 0 bridgehead atoms. The summed E-state index contributed by atoms with van der Waals surface area (Å²) in [4.78, 5) is 12.1. The van der Waals surface area contributed by atoms with Crippen LogP contribution in [-0.4, -0.2) is 43.9 Å². The molecular formula is C7H14ClNO3.